The van der Waals surface area contributed by atoms with Crippen LogP contribution in [0.4, 0.5) is 27.1 Å². The molecule has 0 aliphatic carbocycles. The van der Waals surface area contributed by atoms with E-state index in [1.807, 2.05) is 6.07 Å². The van der Waals surface area contributed by atoms with Crippen molar-refractivity contribution in [2.24, 2.45) is 0 Å². The van der Waals surface area contributed by atoms with Crippen LogP contribution in [-0.2, 0) is 6.42 Å². The number of urea groups is 1. The second-order valence-corrected chi connectivity index (χ2v) is 8.33. The Hall–Kier alpha value is -3.75. The summed E-state index contributed by atoms with van der Waals surface area (Å²) in [6.07, 6.45) is 5.47. The zero-order valence-electron chi connectivity index (χ0n) is 16.8. The first-order valence-electron chi connectivity index (χ1n) is 9.68. The van der Waals surface area contributed by atoms with E-state index in [1.165, 1.54) is 29.9 Å². The highest BCUT2D eigenvalue weighted by atomic mass is 35.5. The zero-order valence-corrected chi connectivity index (χ0v) is 18.4. The molecule has 162 valence electrons. The van der Waals surface area contributed by atoms with Gasteiger partial charge in [0.1, 0.15) is 18.1 Å². The Labute approximate surface area is 192 Å². The largest absolute Gasteiger partial charge is 0.378 e. The molecule has 3 heterocycles. The van der Waals surface area contributed by atoms with Crippen molar-refractivity contribution >= 4 is 57.5 Å². The number of nitrogens with two attached hydrogens (primary N) is 1. The van der Waals surface area contributed by atoms with Gasteiger partial charge in [-0.25, -0.2) is 19.7 Å². The number of fused-ring (bicyclic) bond motifs is 1. The normalized spacial score (nSPS) is 12.3. The Bertz CT molecular complexity index is 1210. The van der Waals surface area contributed by atoms with Crippen LogP contribution in [0.3, 0.4) is 0 Å². The van der Waals surface area contributed by atoms with Gasteiger partial charge in [-0.3, -0.25) is 10.7 Å². The van der Waals surface area contributed by atoms with Gasteiger partial charge in [-0.2, -0.15) is 5.26 Å². The lowest BCUT2D eigenvalue weighted by Gasteiger charge is -2.30. The molecule has 0 atom stereocenters. The molecule has 32 heavy (non-hydrogen) atoms. The number of amides is 2. The Morgan fingerprint density at radius 1 is 1.38 bits per heavy atom. The third-order valence-electron chi connectivity index (χ3n) is 4.75. The van der Waals surface area contributed by atoms with Crippen molar-refractivity contribution in [2.75, 3.05) is 40.5 Å². The number of nitriles is 1. The van der Waals surface area contributed by atoms with E-state index >= 15 is 0 Å². The van der Waals surface area contributed by atoms with E-state index in [2.05, 4.69) is 35.8 Å². The number of nitrogens with one attached hydrogen (secondary N) is 3. The number of thiazole rings is 1. The summed E-state index contributed by atoms with van der Waals surface area (Å²) in [5.74, 6) is 0.825. The summed E-state index contributed by atoms with van der Waals surface area (Å²) in [6, 6.07) is 6.22. The molecule has 0 saturated carbocycles. The summed E-state index contributed by atoms with van der Waals surface area (Å²) in [5, 5.41) is 24.0. The second-order valence-electron chi connectivity index (χ2n) is 6.81. The lowest BCUT2D eigenvalue weighted by atomic mass is 10.2. The number of rotatable bonds is 6. The fourth-order valence-electron chi connectivity index (χ4n) is 3.23. The molecule has 1 aliphatic rings. The highest BCUT2D eigenvalue weighted by molar-refractivity contribution is 7.15. The van der Waals surface area contributed by atoms with Crippen LogP contribution in [0.1, 0.15) is 16.1 Å². The quantitative estimate of drug-likeness (QED) is 0.403. The van der Waals surface area contributed by atoms with E-state index in [-0.39, 0.29) is 5.02 Å². The first-order chi connectivity index (χ1) is 15.6. The Morgan fingerprint density at radius 3 is 3.03 bits per heavy atom. The van der Waals surface area contributed by atoms with Crippen molar-refractivity contribution < 1.29 is 10.2 Å². The van der Waals surface area contributed by atoms with Gasteiger partial charge in [0.2, 0.25) is 0 Å². The van der Waals surface area contributed by atoms with Crippen LogP contribution >= 0.6 is 22.9 Å². The van der Waals surface area contributed by atoms with Gasteiger partial charge in [0.05, 0.1) is 10.6 Å². The molecular weight excluding hydrogens is 450 g/mol. The van der Waals surface area contributed by atoms with Crippen molar-refractivity contribution in [3.8, 4) is 6.07 Å². The molecule has 0 fully saturated rings. The van der Waals surface area contributed by atoms with E-state index in [9.17, 15) is 4.79 Å². The standard InChI is InChI=1S/C20H18ClN9OS/c21-15-7-13(2-1-12(15)8-22)28-19(31)29-20-25-10-14(32-20)3-5-30-6-4-24-17-16(9-23)26-11-27-18(17)30/h1-2,7,9-11,23-24H,3-6H2,(H2,25,28,29,31)/p+1. The van der Waals surface area contributed by atoms with Gasteiger partial charge in [-0.1, -0.05) is 11.6 Å². The summed E-state index contributed by atoms with van der Waals surface area (Å²) < 4.78 is 0. The van der Waals surface area contributed by atoms with Gasteiger partial charge in [0.15, 0.2) is 22.9 Å². The molecule has 2 aromatic heterocycles. The fraction of sp³-hybridized carbons (Fsp3) is 0.200. The molecule has 0 spiro atoms. The van der Waals surface area contributed by atoms with E-state index in [0.717, 1.165) is 42.4 Å². The number of hydrogen-bond donors (Lipinski definition) is 4. The van der Waals surface area contributed by atoms with Crippen LogP contribution in [-0.4, -0.2) is 46.8 Å². The van der Waals surface area contributed by atoms with Crippen molar-refractivity contribution in [1.29, 1.82) is 5.26 Å². The molecule has 12 heteroatoms. The molecule has 10 nitrogen and oxygen atoms in total. The highest BCUT2D eigenvalue weighted by Gasteiger charge is 2.21. The van der Waals surface area contributed by atoms with Crippen LogP contribution in [0.5, 0.6) is 0 Å². The minimum absolute atomic E-state index is 0.276. The number of benzene rings is 1. The summed E-state index contributed by atoms with van der Waals surface area (Å²) in [7, 11) is 0. The maximum Gasteiger partial charge on any atom is 0.325 e. The number of nitrogens with zero attached hydrogens (tertiary/aromatic N) is 5. The van der Waals surface area contributed by atoms with Gasteiger partial charge in [-0.15, -0.1) is 11.3 Å². The number of anilines is 4. The van der Waals surface area contributed by atoms with Crippen molar-refractivity contribution in [3.05, 3.63) is 51.9 Å². The predicted octanol–water partition coefficient (Wildman–Crippen LogP) is 1.75. The van der Waals surface area contributed by atoms with Crippen molar-refractivity contribution in [2.45, 2.75) is 6.42 Å². The molecule has 1 aliphatic heterocycles. The highest BCUT2D eigenvalue weighted by Crippen LogP contribution is 2.28. The van der Waals surface area contributed by atoms with E-state index in [1.54, 1.807) is 18.3 Å². The lowest BCUT2D eigenvalue weighted by molar-refractivity contribution is -0.104. The summed E-state index contributed by atoms with van der Waals surface area (Å²) in [5.41, 5.74) is 2.35. The molecule has 2 amide bonds. The van der Waals surface area contributed by atoms with Crippen LogP contribution in [0.2, 0.25) is 5.02 Å². The first kappa shape index (κ1) is 21.5. The number of carbonyl (C=O) groups is 1. The topological polar surface area (TPSA) is 144 Å². The smallest absolute Gasteiger partial charge is 0.325 e. The average molecular weight is 469 g/mol. The van der Waals surface area contributed by atoms with Gasteiger partial charge in [0.25, 0.3) is 0 Å². The van der Waals surface area contributed by atoms with Crippen LogP contribution in [0.25, 0.3) is 0 Å². The minimum Gasteiger partial charge on any atom is -0.378 e. The lowest BCUT2D eigenvalue weighted by Crippen LogP contribution is -2.38. The van der Waals surface area contributed by atoms with Crippen molar-refractivity contribution in [1.82, 2.24) is 15.0 Å². The Kier molecular flexibility index (Phi) is 6.44. The number of aromatic nitrogens is 3. The molecule has 5 N–H and O–H groups in total. The van der Waals surface area contributed by atoms with Crippen LogP contribution in [0.15, 0.2) is 30.7 Å². The Morgan fingerprint density at radius 2 is 2.25 bits per heavy atom. The third kappa shape index (κ3) is 4.77. The first-order valence-corrected chi connectivity index (χ1v) is 10.9. The number of hydrogen-bond acceptors (Lipinski definition) is 8. The Balaban J connectivity index is 1.34. The van der Waals surface area contributed by atoms with Crippen LogP contribution < -0.4 is 26.3 Å². The SMILES string of the molecule is N#Cc1ccc(NC(=O)Nc2ncc(CCN3CCNc4c(C=[NH2+])ncnc43)s2)cc1Cl. The monoisotopic (exact) mass is 468 g/mol. The molecular formula is C20H19ClN9OS+. The van der Waals surface area contributed by atoms with Gasteiger partial charge in [0, 0.05) is 42.8 Å². The third-order valence-corrected chi connectivity index (χ3v) is 6.03. The van der Waals surface area contributed by atoms with Crippen molar-refractivity contribution in [3.63, 3.8) is 0 Å². The van der Waals surface area contributed by atoms with E-state index < -0.39 is 6.03 Å². The maximum absolute atomic E-state index is 12.3. The molecule has 1 aromatic carbocycles. The molecule has 0 saturated heterocycles. The number of carbonyl (C=O) groups excluding carboxylic acids is 1. The number of halogens is 1. The zero-order chi connectivity index (χ0) is 22.5. The fourth-order valence-corrected chi connectivity index (χ4v) is 4.25. The second kappa shape index (κ2) is 9.59. The molecule has 0 unspecified atom stereocenters. The molecule has 0 radical (unpaired) electrons. The minimum atomic E-state index is -0.440. The van der Waals surface area contributed by atoms with Crippen LogP contribution in [0, 0.1) is 11.3 Å². The maximum atomic E-state index is 12.3. The van der Waals surface area contributed by atoms with E-state index in [0.29, 0.717) is 22.1 Å². The summed E-state index contributed by atoms with van der Waals surface area (Å²) in [6.45, 7) is 2.33. The molecule has 0 bridgehead atoms. The average Bonchev–Trinajstić information content (AvgIpc) is 3.24. The van der Waals surface area contributed by atoms with Gasteiger partial charge >= 0.3 is 6.03 Å². The van der Waals surface area contributed by atoms with Gasteiger partial charge in [-0.05, 0) is 18.2 Å². The van der Waals surface area contributed by atoms with E-state index in [4.69, 9.17) is 22.3 Å². The summed E-state index contributed by atoms with van der Waals surface area (Å²) >= 11 is 7.40. The predicted molar refractivity (Wildman–Crippen MR) is 124 cm³/mol. The molecule has 4 rings (SSSR count). The molecule has 3 aromatic rings. The summed E-state index contributed by atoms with van der Waals surface area (Å²) in [4.78, 5) is 28.3. The van der Waals surface area contributed by atoms with Gasteiger partial charge < -0.3 is 15.5 Å².